The maximum Gasteiger partial charge on any atom is 0.321 e. The van der Waals surface area contributed by atoms with Crippen molar-refractivity contribution in [2.45, 2.75) is 13.5 Å². The second kappa shape index (κ2) is 9.36. The van der Waals surface area contributed by atoms with Gasteiger partial charge in [-0.1, -0.05) is 6.07 Å². The number of carbonyl (C=O) groups is 2. The number of halogens is 1. The minimum Gasteiger partial charge on any atom is -0.495 e. The number of thiazole rings is 1. The molecule has 1 heterocycles. The molecular weight excluding hydrogens is 407 g/mol. The quantitative estimate of drug-likeness (QED) is 0.605. The van der Waals surface area contributed by atoms with Crippen LogP contribution in [0.3, 0.4) is 0 Å². The maximum absolute atomic E-state index is 13.4. The summed E-state index contributed by atoms with van der Waals surface area (Å²) >= 11 is 1.53. The topological polar surface area (TPSA) is 83.6 Å². The number of rotatable bonds is 6. The minimum atomic E-state index is -0.505. The molecule has 0 saturated heterocycles. The zero-order valence-corrected chi connectivity index (χ0v) is 17.5. The number of aromatic nitrogens is 1. The van der Waals surface area contributed by atoms with E-state index in [4.69, 9.17) is 4.74 Å². The van der Waals surface area contributed by atoms with Crippen LogP contribution in [0.2, 0.25) is 0 Å². The number of urea groups is 1. The predicted octanol–water partition coefficient (Wildman–Crippen LogP) is 4.52. The van der Waals surface area contributed by atoms with Gasteiger partial charge in [-0.25, -0.2) is 14.2 Å². The van der Waals surface area contributed by atoms with Crippen LogP contribution in [0.25, 0.3) is 0 Å². The van der Waals surface area contributed by atoms with Gasteiger partial charge in [-0.15, -0.1) is 11.3 Å². The average molecular weight is 428 g/mol. The van der Waals surface area contributed by atoms with Gasteiger partial charge in [0.05, 0.1) is 24.3 Å². The Morgan fingerprint density at radius 3 is 2.67 bits per heavy atom. The summed E-state index contributed by atoms with van der Waals surface area (Å²) in [6.45, 7) is 2.34. The summed E-state index contributed by atoms with van der Waals surface area (Å²) in [5, 5.41) is 6.41. The van der Waals surface area contributed by atoms with Gasteiger partial charge >= 0.3 is 6.03 Å². The van der Waals surface area contributed by atoms with Crippen molar-refractivity contribution < 1.29 is 18.7 Å². The Hall–Kier alpha value is -3.46. The number of aryl methyl sites for hydroxylation is 1. The van der Waals surface area contributed by atoms with Crippen molar-refractivity contribution in [3.63, 3.8) is 0 Å². The van der Waals surface area contributed by atoms with Crippen LogP contribution >= 0.6 is 11.3 Å². The highest BCUT2D eigenvalue weighted by Crippen LogP contribution is 2.28. The zero-order chi connectivity index (χ0) is 21.7. The smallest absolute Gasteiger partial charge is 0.321 e. The highest BCUT2D eigenvalue weighted by atomic mass is 32.1. The number of hydrogen-bond donors (Lipinski definition) is 2. The largest absolute Gasteiger partial charge is 0.495 e. The first-order chi connectivity index (χ1) is 14.4. The SMILES string of the molecule is COc1ccc(NC(=O)N(C)Cc2cnc(C)s2)cc1NC(=O)c1cccc(F)c1. The van der Waals surface area contributed by atoms with Gasteiger partial charge in [0.25, 0.3) is 5.91 Å². The third-order valence-corrected chi connectivity index (χ3v) is 5.09. The fourth-order valence-corrected chi connectivity index (χ4v) is 3.56. The molecule has 2 N–H and O–H groups in total. The Bertz CT molecular complexity index is 1070. The number of nitrogens with zero attached hydrogens (tertiary/aromatic N) is 2. The molecule has 156 valence electrons. The van der Waals surface area contributed by atoms with Gasteiger partial charge in [0.2, 0.25) is 0 Å². The van der Waals surface area contributed by atoms with E-state index in [0.29, 0.717) is 23.7 Å². The van der Waals surface area contributed by atoms with Crippen LogP contribution in [0, 0.1) is 12.7 Å². The predicted molar refractivity (Wildman–Crippen MR) is 115 cm³/mol. The van der Waals surface area contributed by atoms with Crippen molar-refractivity contribution in [1.82, 2.24) is 9.88 Å². The first kappa shape index (κ1) is 21.3. The average Bonchev–Trinajstić information content (AvgIpc) is 3.12. The maximum atomic E-state index is 13.4. The van der Waals surface area contributed by atoms with Crippen molar-refractivity contribution in [3.05, 3.63) is 69.9 Å². The highest BCUT2D eigenvalue weighted by molar-refractivity contribution is 7.11. The summed E-state index contributed by atoms with van der Waals surface area (Å²) in [6.07, 6.45) is 1.75. The summed E-state index contributed by atoms with van der Waals surface area (Å²) in [5.41, 5.74) is 0.999. The molecule has 0 saturated carbocycles. The number of anilines is 2. The molecular formula is C21H21FN4O3S. The molecule has 0 spiro atoms. The molecule has 3 rings (SSSR count). The molecule has 9 heteroatoms. The molecule has 0 aliphatic carbocycles. The standard InChI is InChI=1S/C21H21FN4O3S/c1-13-23-11-17(30-13)12-26(2)21(28)24-16-7-8-19(29-3)18(10-16)25-20(27)14-5-4-6-15(22)9-14/h4-11H,12H2,1-3H3,(H,24,28)(H,25,27). The Morgan fingerprint density at radius 2 is 2.00 bits per heavy atom. The van der Waals surface area contributed by atoms with Gasteiger partial charge in [-0.05, 0) is 43.3 Å². The first-order valence-corrected chi connectivity index (χ1v) is 9.85. The fraction of sp³-hybridized carbons (Fsp3) is 0.190. The van der Waals surface area contributed by atoms with E-state index in [1.807, 2.05) is 6.92 Å². The van der Waals surface area contributed by atoms with E-state index in [9.17, 15) is 14.0 Å². The Balaban J connectivity index is 1.71. The molecule has 0 atom stereocenters. The molecule has 0 aliphatic rings. The lowest BCUT2D eigenvalue weighted by molar-refractivity contribution is 0.102. The lowest BCUT2D eigenvalue weighted by Gasteiger charge is -2.18. The molecule has 0 unspecified atom stereocenters. The van der Waals surface area contributed by atoms with Crippen molar-refractivity contribution in [3.8, 4) is 5.75 Å². The van der Waals surface area contributed by atoms with E-state index in [2.05, 4.69) is 15.6 Å². The van der Waals surface area contributed by atoms with E-state index < -0.39 is 11.7 Å². The van der Waals surface area contributed by atoms with E-state index in [0.717, 1.165) is 16.0 Å². The number of methoxy groups -OCH3 is 1. The lowest BCUT2D eigenvalue weighted by Crippen LogP contribution is -2.30. The van der Waals surface area contributed by atoms with E-state index in [1.165, 1.54) is 41.5 Å². The Kier molecular flexibility index (Phi) is 6.63. The molecule has 1 aromatic heterocycles. The molecule has 0 radical (unpaired) electrons. The second-order valence-corrected chi connectivity index (χ2v) is 7.83. The van der Waals surface area contributed by atoms with Crippen LogP contribution in [-0.2, 0) is 6.54 Å². The second-order valence-electron chi connectivity index (χ2n) is 6.51. The third-order valence-electron chi connectivity index (χ3n) is 4.19. The van der Waals surface area contributed by atoms with Gasteiger partial charge in [0, 0.05) is 29.4 Å². The molecule has 2 aromatic carbocycles. The first-order valence-electron chi connectivity index (χ1n) is 9.04. The van der Waals surface area contributed by atoms with Crippen molar-refractivity contribution in [2.24, 2.45) is 0 Å². The number of nitrogens with one attached hydrogen (secondary N) is 2. The van der Waals surface area contributed by atoms with Crippen molar-refractivity contribution in [2.75, 3.05) is 24.8 Å². The Morgan fingerprint density at radius 1 is 1.20 bits per heavy atom. The number of ether oxygens (including phenoxy) is 1. The van der Waals surface area contributed by atoms with Crippen molar-refractivity contribution >= 4 is 34.6 Å². The molecule has 3 aromatic rings. The number of hydrogen-bond acceptors (Lipinski definition) is 5. The molecule has 3 amide bonds. The van der Waals surface area contributed by atoms with Crippen LogP contribution in [0.15, 0.2) is 48.7 Å². The minimum absolute atomic E-state index is 0.172. The van der Waals surface area contributed by atoms with E-state index in [-0.39, 0.29) is 11.6 Å². The molecule has 0 aliphatic heterocycles. The Labute approximate surface area is 177 Å². The summed E-state index contributed by atoms with van der Waals surface area (Å²) < 4.78 is 18.7. The fourth-order valence-electron chi connectivity index (χ4n) is 2.71. The lowest BCUT2D eigenvalue weighted by atomic mass is 10.2. The zero-order valence-electron chi connectivity index (χ0n) is 16.7. The van der Waals surface area contributed by atoms with E-state index in [1.54, 1.807) is 31.4 Å². The molecule has 30 heavy (non-hydrogen) atoms. The summed E-state index contributed by atoms with van der Waals surface area (Å²) in [4.78, 5) is 31.6. The van der Waals surface area contributed by atoms with Gasteiger partial charge in [-0.2, -0.15) is 0 Å². The molecule has 0 bridgehead atoms. The van der Waals surface area contributed by atoms with Crippen LogP contribution in [0.1, 0.15) is 20.2 Å². The number of amides is 3. The number of benzene rings is 2. The molecule has 7 nitrogen and oxygen atoms in total. The summed E-state index contributed by atoms with van der Waals surface area (Å²) in [7, 11) is 3.15. The summed E-state index contributed by atoms with van der Waals surface area (Å²) in [5.74, 6) is -0.588. The van der Waals surface area contributed by atoms with Crippen LogP contribution in [-0.4, -0.2) is 36.0 Å². The van der Waals surface area contributed by atoms with Gasteiger partial charge in [0.1, 0.15) is 11.6 Å². The van der Waals surface area contributed by atoms with Gasteiger partial charge < -0.3 is 20.3 Å². The van der Waals surface area contributed by atoms with Gasteiger partial charge in [0.15, 0.2) is 0 Å². The normalized spacial score (nSPS) is 10.4. The highest BCUT2D eigenvalue weighted by Gasteiger charge is 2.14. The van der Waals surface area contributed by atoms with E-state index >= 15 is 0 Å². The van der Waals surface area contributed by atoms with Crippen LogP contribution in [0.5, 0.6) is 5.75 Å². The number of carbonyl (C=O) groups excluding carboxylic acids is 2. The third kappa shape index (κ3) is 5.32. The van der Waals surface area contributed by atoms with Gasteiger partial charge in [-0.3, -0.25) is 4.79 Å². The van der Waals surface area contributed by atoms with Crippen LogP contribution < -0.4 is 15.4 Å². The molecule has 0 fully saturated rings. The summed E-state index contributed by atoms with van der Waals surface area (Å²) in [6, 6.07) is 9.93. The monoisotopic (exact) mass is 428 g/mol. The van der Waals surface area contributed by atoms with Crippen molar-refractivity contribution in [1.29, 1.82) is 0 Å². The van der Waals surface area contributed by atoms with Crippen LogP contribution in [0.4, 0.5) is 20.6 Å².